The molecule has 60 valence electrons. The topological polar surface area (TPSA) is 26.0 Å². The molecule has 1 fully saturated rings. The van der Waals surface area contributed by atoms with Gasteiger partial charge in [0.1, 0.15) is 0 Å². The molecule has 2 heteroatoms. The molecule has 0 saturated carbocycles. The van der Waals surface area contributed by atoms with E-state index >= 15 is 0 Å². The Bertz CT molecular complexity index is 117. The lowest BCUT2D eigenvalue weighted by atomic mass is 9.87. The monoisotopic (exact) mass is 159 g/mol. The van der Waals surface area contributed by atoms with E-state index in [1.165, 1.54) is 12.2 Å². The van der Waals surface area contributed by atoms with Crippen molar-refractivity contribution in [1.82, 2.24) is 0 Å². The van der Waals surface area contributed by atoms with Crippen LogP contribution in [0.25, 0.3) is 0 Å². The van der Waals surface area contributed by atoms with E-state index in [9.17, 15) is 0 Å². The van der Waals surface area contributed by atoms with Crippen molar-refractivity contribution in [1.29, 1.82) is 0 Å². The lowest BCUT2D eigenvalue weighted by molar-refractivity contribution is 0.361. The Morgan fingerprint density at radius 1 is 1.40 bits per heavy atom. The minimum absolute atomic E-state index is 0.389. The number of hydrogen-bond acceptors (Lipinski definition) is 2. The summed E-state index contributed by atoms with van der Waals surface area (Å²) in [4.78, 5) is 0. The van der Waals surface area contributed by atoms with Gasteiger partial charge in [0.25, 0.3) is 0 Å². The van der Waals surface area contributed by atoms with Crippen LogP contribution in [0.4, 0.5) is 0 Å². The highest BCUT2D eigenvalue weighted by Crippen LogP contribution is 2.38. The summed E-state index contributed by atoms with van der Waals surface area (Å²) in [5, 5.41) is 0.674. The largest absolute Gasteiger partial charge is 0.327 e. The number of nitrogens with two attached hydrogens (primary N) is 1. The zero-order valence-corrected chi connectivity index (χ0v) is 7.87. The Hall–Kier alpha value is 0.310. The molecule has 0 radical (unpaired) electrons. The summed E-state index contributed by atoms with van der Waals surface area (Å²) in [6.07, 6.45) is 1.20. The minimum atomic E-state index is 0.389. The first kappa shape index (κ1) is 8.41. The second kappa shape index (κ2) is 2.74. The summed E-state index contributed by atoms with van der Waals surface area (Å²) in [7, 11) is 0. The molecule has 0 aliphatic carbocycles. The Morgan fingerprint density at radius 3 is 2.20 bits per heavy atom. The fourth-order valence-corrected chi connectivity index (χ4v) is 3.04. The summed E-state index contributed by atoms with van der Waals surface area (Å²) in [6, 6.07) is 0.435. The van der Waals surface area contributed by atoms with Crippen molar-refractivity contribution in [3.8, 4) is 0 Å². The van der Waals surface area contributed by atoms with Gasteiger partial charge in [-0.2, -0.15) is 11.8 Å². The Kier molecular flexibility index (Phi) is 2.31. The normalized spacial score (nSPS) is 34.8. The van der Waals surface area contributed by atoms with Crippen molar-refractivity contribution in [3.63, 3.8) is 0 Å². The van der Waals surface area contributed by atoms with E-state index in [4.69, 9.17) is 5.73 Å². The standard InChI is InChI=1S/C8H17NS/c1-8(2,3)7-6(9)4-5-10-7/h6-7H,4-5,9H2,1-3H3. The van der Waals surface area contributed by atoms with Gasteiger partial charge < -0.3 is 5.73 Å². The van der Waals surface area contributed by atoms with Crippen LogP contribution < -0.4 is 5.73 Å². The molecule has 0 aromatic carbocycles. The summed E-state index contributed by atoms with van der Waals surface area (Å²) >= 11 is 2.03. The van der Waals surface area contributed by atoms with E-state index < -0.39 is 0 Å². The second-order valence-electron chi connectivity index (χ2n) is 4.11. The smallest absolute Gasteiger partial charge is 0.0247 e. The third-order valence-electron chi connectivity index (χ3n) is 1.99. The molecule has 0 aromatic heterocycles. The summed E-state index contributed by atoms with van der Waals surface area (Å²) < 4.78 is 0. The molecular formula is C8H17NS. The van der Waals surface area contributed by atoms with E-state index in [1.54, 1.807) is 0 Å². The minimum Gasteiger partial charge on any atom is -0.327 e. The van der Waals surface area contributed by atoms with E-state index in [-0.39, 0.29) is 0 Å². The fraction of sp³-hybridized carbons (Fsp3) is 1.00. The van der Waals surface area contributed by atoms with Crippen LogP contribution in [0.1, 0.15) is 27.2 Å². The third kappa shape index (κ3) is 1.67. The van der Waals surface area contributed by atoms with Gasteiger partial charge in [0.2, 0.25) is 0 Å². The highest BCUT2D eigenvalue weighted by atomic mass is 32.2. The Balaban J connectivity index is 2.55. The maximum Gasteiger partial charge on any atom is 0.0247 e. The molecule has 0 amide bonds. The van der Waals surface area contributed by atoms with Crippen LogP contribution in [0.5, 0.6) is 0 Å². The predicted octanol–water partition coefficient (Wildman–Crippen LogP) is 1.87. The van der Waals surface area contributed by atoms with Gasteiger partial charge in [-0.1, -0.05) is 20.8 Å². The molecule has 1 aliphatic heterocycles. The molecule has 2 unspecified atom stereocenters. The number of thioether (sulfide) groups is 1. The van der Waals surface area contributed by atoms with E-state index in [2.05, 4.69) is 20.8 Å². The van der Waals surface area contributed by atoms with Crippen molar-refractivity contribution >= 4 is 11.8 Å². The average Bonchev–Trinajstić information content (AvgIpc) is 2.11. The van der Waals surface area contributed by atoms with Crippen LogP contribution in [-0.4, -0.2) is 17.0 Å². The predicted molar refractivity (Wildman–Crippen MR) is 48.3 cm³/mol. The quantitative estimate of drug-likeness (QED) is 0.584. The molecule has 2 N–H and O–H groups in total. The van der Waals surface area contributed by atoms with Crippen molar-refractivity contribution in [2.45, 2.75) is 38.5 Å². The second-order valence-corrected chi connectivity index (χ2v) is 5.36. The van der Waals surface area contributed by atoms with Gasteiger partial charge in [-0.25, -0.2) is 0 Å². The highest BCUT2D eigenvalue weighted by molar-refractivity contribution is 8.00. The number of hydrogen-bond donors (Lipinski definition) is 1. The van der Waals surface area contributed by atoms with Gasteiger partial charge in [0.05, 0.1) is 0 Å². The summed E-state index contributed by atoms with van der Waals surface area (Å²) in [5.41, 5.74) is 6.33. The molecule has 1 saturated heterocycles. The van der Waals surface area contributed by atoms with Crippen molar-refractivity contribution in [3.05, 3.63) is 0 Å². The fourth-order valence-electron chi connectivity index (χ4n) is 1.50. The molecule has 2 atom stereocenters. The van der Waals surface area contributed by atoms with Crippen LogP contribution in [0.15, 0.2) is 0 Å². The molecule has 0 bridgehead atoms. The van der Waals surface area contributed by atoms with Gasteiger partial charge in [-0.05, 0) is 17.6 Å². The SMILES string of the molecule is CC(C)(C)C1SCCC1N. The van der Waals surface area contributed by atoms with Crippen LogP contribution >= 0.6 is 11.8 Å². The maximum absolute atomic E-state index is 5.94. The molecule has 1 aliphatic rings. The molecule has 0 spiro atoms. The summed E-state index contributed by atoms with van der Waals surface area (Å²) in [5.74, 6) is 1.25. The lowest BCUT2D eigenvalue weighted by Gasteiger charge is -2.29. The molecule has 1 nitrogen and oxygen atoms in total. The average molecular weight is 159 g/mol. The zero-order chi connectivity index (χ0) is 7.78. The van der Waals surface area contributed by atoms with Crippen LogP contribution in [0.2, 0.25) is 0 Å². The van der Waals surface area contributed by atoms with E-state index in [0.29, 0.717) is 16.7 Å². The first-order valence-corrected chi connectivity index (χ1v) is 4.94. The van der Waals surface area contributed by atoms with Gasteiger partial charge in [0.15, 0.2) is 0 Å². The first-order chi connectivity index (χ1) is 4.52. The van der Waals surface area contributed by atoms with Gasteiger partial charge in [-0.15, -0.1) is 0 Å². The van der Waals surface area contributed by atoms with Gasteiger partial charge in [0, 0.05) is 11.3 Å². The van der Waals surface area contributed by atoms with Crippen molar-refractivity contribution in [2.75, 3.05) is 5.75 Å². The molecular weight excluding hydrogens is 142 g/mol. The lowest BCUT2D eigenvalue weighted by Crippen LogP contribution is -2.37. The third-order valence-corrected chi connectivity index (χ3v) is 3.88. The summed E-state index contributed by atoms with van der Waals surface area (Å²) in [6.45, 7) is 6.82. The maximum atomic E-state index is 5.94. The zero-order valence-electron chi connectivity index (χ0n) is 7.05. The van der Waals surface area contributed by atoms with E-state index in [0.717, 1.165) is 0 Å². The molecule has 1 rings (SSSR count). The molecule has 0 aromatic rings. The highest BCUT2D eigenvalue weighted by Gasteiger charge is 2.34. The first-order valence-electron chi connectivity index (χ1n) is 3.89. The Labute approximate surface area is 67.8 Å². The van der Waals surface area contributed by atoms with Gasteiger partial charge in [-0.3, -0.25) is 0 Å². The van der Waals surface area contributed by atoms with Crippen LogP contribution in [-0.2, 0) is 0 Å². The van der Waals surface area contributed by atoms with Crippen LogP contribution in [0.3, 0.4) is 0 Å². The van der Waals surface area contributed by atoms with Crippen molar-refractivity contribution < 1.29 is 0 Å². The Morgan fingerprint density at radius 2 is 2.00 bits per heavy atom. The molecule has 1 heterocycles. The van der Waals surface area contributed by atoms with E-state index in [1.807, 2.05) is 11.8 Å². The molecule has 10 heavy (non-hydrogen) atoms. The van der Waals surface area contributed by atoms with Crippen molar-refractivity contribution in [2.24, 2.45) is 11.1 Å². The van der Waals surface area contributed by atoms with Crippen LogP contribution in [0, 0.1) is 5.41 Å². The van der Waals surface area contributed by atoms with Gasteiger partial charge >= 0.3 is 0 Å². The number of rotatable bonds is 0.